The molecule has 0 atom stereocenters. The molecule has 0 spiro atoms. The molecule has 0 bridgehead atoms. The smallest absolute Gasteiger partial charge is 0.508 e. The summed E-state index contributed by atoms with van der Waals surface area (Å²) >= 11 is 0. The Morgan fingerprint density at radius 3 is 2.56 bits per heavy atom. The van der Waals surface area contributed by atoms with Crippen molar-refractivity contribution in [1.82, 2.24) is 14.5 Å². The van der Waals surface area contributed by atoms with Gasteiger partial charge in [-0.15, -0.1) is 0 Å². The second-order valence-corrected chi connectivity index (χ2v) is 10.7. The van der Waals surface area contributed by atoms with Gasteiger partial charge in [0.1, 0.15) is 22.8 Å². The van der Waals surface area contributed by atoms with E-state index in [1.54, 1.807) is 0 Å². The lowest BCUT2D eigenvalue weighted by Crippen LogP contribution is -2.07. The predicted octanol–water partition coefficient (Wildman–Crippen LogP) is 4.03. The number of nitrogen functional groups attached to an aromatic ring is 1. The Labute approximate surface area is 227 Å². The summed E-state index contributed by atoms with van der Waals surface area (Å²) in [4.78, 5) is 27.9. The van der Waals surface area contributed by atoms with Gasteiger partial charge in [0.2, 0.25) is 0 Å². The van der Waals surface area contributed by atoms with Gasteiger partial charge >= 0.3 is 7.82 Å². The third-order valence-corrected chi connectivity index (χ3v) is 6.90. The van der Waals surface area contributed by atoms with Crippen LogP contribution in [0.5, 0.6) is 11.5 Å². The zero-order valence-electron chi connectivity index (χ0n) is 22.0. The number of rotatable bonds is 14. The number of hydrogen-bond acceptors (Lipinski definition) is 8. The number of nitrogens with zero attached hydrogens (tertiary/aromatic N) is 3. The second kappa shape index (κ2) is 12.8. The van der Waals surface area contributed by atoms with Crippen molar-refractivity contribution in [2.45, 2.75) is 52.0 Å². The molecule has 0 saturated carbocycles. The van der Waals surface area contributed by atoms with Crippen molar-refractivity contribution in [2.75, 3.05) is 25.5 Å². The molecule has 0 unspecified atom stereocenters. The minimum absolute atomic E-state index is 0.0290. The number of ether oxygens (including phenoxy) is 1. The number of hydrogen-bond donors (Lipinski definition) is 5. The monoisotopic (exact) mass is 557 g/mol. The summed E-state index contributed by atoms with van der Waals surface area (Å²) in [5.74, 6) is 1.03. The van der Waals surface area contributed by atoms with Gasteiger partial charge in [0.05, 0.1) is 17.6 Å². The number of phenolic OH excluding ortho intramolecular Hbond substituents is 1. The number of imidazole rings is 1. The molecular formula is C27H36N5O6P. The zero-order chi connectivity index (χ0) is 28.0. The first-order valence-corrected chi connectivity index (χ1v) is 14.6. The van der Waals surface area contributed by atoms with E-state index < -0.39 is 7.82 Å². The number of pyridine rings is 1. The molecule has 210 valence electrons. The third kappa shape index (κ3) is 7.26. The first-order chi connectivity index (χ1) is 18.7. The van der Waals surface area contributed by atoms with Crippen LogP contribution in [0.2, 0.25) is 0 Å². The minimum atomic E-state index is -4.75. The standard InChI is InChI=1S/C27H36N5O6P/c1-2-3-7-24-31-25-26(32(24)17-19-16-20(9-11-23(19)33)38-39(34,35)36)21-10-8-18(15-22(21)30-27(25)29)6-4-13-37-14-5-12-28/h8-11,15-16,33H,2-7,12-14,17,28H2,1H3,(H2,29,30)(H2,34,35,36). The number of nitrogens with two attached hydrogens (primary N) is 2. The molecule has 2 aromatic carbocycles. The predicted molar refractivity (Wildman–Crippen MR) is 151 cm³/mol. The van der Waals surface area contributed by atoms with Gasteiger partial charge in [-0.05, 0) is 62.1 Å². The number of phosphoric acid groups is 1. The summed E-state index contributed by atoms with van der Waals surface area (Å²) in [6.07, 6.45) is 5.11. The average Bonchev–Trinajstić information content (AvgIpc) is 3.24. The fraction of sp³-hybridized carbons (Fsp3) is 0.407. The van der Waals surface area contributed by atoms with Crippen molar-refractivity contribution in [2.24, 2.45) is 5.73 Å². The van der Waals surface area contributed by atoms with E-state index in [1.165, 1.54) is 18.2 Å². The van der Waals surface area contributed by atoms with E-state index in [1.807, 2.05) is 16.7 Å². The number of aromatic nitrogens is 3. The van der Waals surface area contributed by atoms with Crippen LogP contribution in [0.25, 0.3) is 21.9 Å². The molecule has 4 aromatic rings. The van der Waals surface area contributed by atoms with Gasteiger partial charge in [-0.1, -0.05) is 25.5 Å². The second-order valence-electron chi connectivity index (χ2n) is 9.49. The van der Waals surface area contributed by atoms with E-state index in [2.05, 4.69) is 18.0 Å². The van der Waals surface area contributed by atoms with E-state index in [0.717, 1.165) is 59.9 Å². The summed E-state index contributed by atoms with van der Waals surface area (Å²) in [5.41, 5.74) is 15.6. The molecule has 0 aliphatic heterocycles. The van der Waals surface area contributed by atoms with E-state index in [-0.39, 0.29) is 18.0 Å². The van der Waals surface area contributed by atoms with Crippen molar-refractivity contribution in [3.63, 3.8) is 0 Å². The Balaban J connectivity index is 1.73. The van der Waals surface area contributed by atoms with Crippen LogP contribution in [-0.4, -0.2) is 49.2 Å². The number of benzene rings is 2. The summed E-state index contributed by atoms with van der Waals surface area (Å²) in [6.45, 7) is 4.24. The van der Waals surface area contributed by atoms with Crippen molar-refractivity contribution in [3.8, 4) is 11.5 Å². The Morgan fingerprint density at radius 2 is 1.82 bits per heavy atom. The molecule has 0 radical (unpaired) electrons. The van der Waals surface area contributed by atoms with Gasteiger partial charge in [0, 0.05) is 30.6 Å². The van der Waals surface area contributed by atoms with Crippen LogP contribution >= 0.6 is 7.82 Å². The third-order valence-electron chi connectivity index (χ3n) is 6.45. The van der Waals surface area contributed by atoms with Crippen LogP contribution < -0.4 is 16.0 Å². The summed E-state index contributed by atoms with van der Waals surface area (Å²) in [7, 11) is -4.75. The molecule has 12 heteroatoms. The number of phenols is 1. The Kier molecular flexibility index (Phi) is 9.42. The molecule has 0 fully saturated rings. The maximum Gasteiger partial charge on any atom is 0.524 e. The Morgan fingerprint density at radius 1 is 1.03 bits per heavy atom. The first-order valence-electron chi connectivity index (χ1n) is 13.1. The molecule has 4 rings (SSSR count). The van der Waals surface area contributed by atoms with Crippen molar-refractivity contribution >= 4 is 35.6 Å². The number of anilines is 1. The molecule has 39 heavy (non-hydrogen) atoms. The zero-order valence-corrected chi connectivity index (χ0v) is 22.9. The number of aryl methyl sites for hydroxylation is 2. The van der Waals surface area contributed by atoms with Gasteiger partial charge in [-0.3, -0.25) is 9.79 Å². The number of aromatic hydroxyl groups is 1. The average molecular weight is 558 g/mol. The molecule has 11 nitrogen and oxygen atoms in total. The van der Waals surface area contributed by atoms with Crippen LogP contribution in [0, 0.1) is 0 Å². The van der Waals surface area contributed by atoms with Crippen LogP contribution in [0.4, 0.5) is 5.82 Å². The summed E-state index contributed by atoms with van der Waals surface area (Å²) < 4.78 is 23.7. The van der Waals surface area contributed by atoms with Gasteiger partial charge in [0.25, 0.3) is 0 Å². The molecule has 0 aliphatic rings. The topological polar surface area (TPSA) is 179 Å². The lowest BCUT2D eigenvalue weighted by molar-refractivity contribution is 0.131. The highest BCUT2D eigenvalue weighted by Crippen LogP contribution is 2.39. The highest BCUT2D eigenvalue weighted by atomic mass is 31.2. The van der Waals surface area contributed by atoms with Crippen LogP contribution in [-0.2, 0) is 28.7 Å². The van der Waals surface area contributed by atoms with E-state index in [4.69, 9.17) is 25.7 Å². The normalized spacial score (nSPS) is 12.0. The van der Waals surface area contributed by atoms with Gasteiger partial charge < -0.3 is 30.4 Å². The SMILES string of the molecule is CCCCc1nc2c(N)nc3cc(CCCOCCCN)ccc3c2n1Cc1cc(OP(=O)(O)O)ccc1O. The molecular weight excluding hydrogens is 521 g/mol. The highest BCUT2D eigenvalue weighted by Gasteiger charge is 2.20. The van der Waals surface area contributed by atoms with Crippen molar-refractivity contribution < 1.29 is 28.7 Å². The number of phosphoric ester groups is 1. The molecule has 2 aromatic heterocycles. The first kappa shape index (κ1) is 28.8. The van der Waals surface area contributed by atoms with Gasteiger partial charge in [-0.25, -0.2) is 14.5 Å². The van der Waals surface area contributed by atoms with E-state index in [0.29, 0.717) is 43.1 Å². The Hall–Kier alpha value is -3.21. The Bertz CT molecular complexity index is 1490. The van der Waals surface area contributed by atoms with Crippen molar-refractivity contribution in [3.05, 3.63) is 53.3 Å². The van der Waals surface area contributed by atoms with Crippen LogP contribution in [0.15, 0.2) is 36.4 Å². The number of unbranched alkanes of at least 4 members (excludes halogenated alkanes) is 1. The summed E-state index contributed by atoms with van der Waals surface area (Å²) in [5, 5.41) is 11.5. The van der Waals surface area contributed by atoms with Gasteiger partial charge in [0.15, 0.2) is 5.82 Å². The van der Waals surface area contributed by atoms with Crippen LogP contribution in [0.3, 0.4) is 0 Å². The summed E-state index contributed by atoms with van der Waals surface area (Å²) in [6, 6.07) is 10.2. The maximum absolute atomic E-state index is 11.4. The molecule has 2 heterocycles. The highest BCUT2D eigenvalue weighted by molar-refractivity contribution is 7.46. The maximum atomic E-state index is 11.4. The molecule has 7 N–H and O–H groups in total. The number of fused-ring (bicyclic) bond motifs is 3. The molecule has 0 aliphatic carbocycles. The molecule has 0 amide bonds. The fourth-order valence-corrected chi connectivity index (χ4v) is 4.96. The molecule has 0 saturated heterocycles. The van der Waals surface area contributed by atoms with E-state index in [9.17, 15) is 19.5 Å². The lowest BCUT2D eigenvalue weighted by Gasteiger charge is -2.14. The van der Waals surface area contributed by atoms with Crippen LogP contribution in [0.1, 0.15) is 49.6 Å². The van der Waals surface area contributed by atoms with E-state index >= 15 is 0 Å². The largest absolute Gasteiger partial charge is 0.524 e. The minimum Gasteiger partial charge on any atom is -0.508 e. The van der Waals surface area contributed by atoms with Crippen molar-refractivity contribution in [1.29, 1.82) is 0 Å². The fourth-order valence-electron chi connectivity index (χ4n) is 4.57. The quantitative estimate of drug-likeness (QED) is 0.112. The lowest BCUT2D eigenvalue weighted by atomic mass is 10.1. The van der Waals surface area contributed by atoms with Gasteiger partial charge in [-0.2, -0.15) is 0 Å².